The molecule has 2 atom stereocenters. The highest BCUT2D eigenvalue weighted by Gasteiger charge is 2.41. The van der Waals surface area contributed by atoms with Gasteiger partial charge in [-0.25, -0.2) is 0 Å². The van der Waals surface area contributed by atoms with Crippen molar-refractivity contribution in [3.8, 4) is 11.3 Å². The SMILES string of the molecule is CCC1C[C@@H]1C(=O)Nc1ccc(C)c(-c2ccccn2)c1. The number of aromatic nitrogens is 1. The first-order valence-electron chi connectivity index (χ1n) is 7.52. The van der Waals surface area contributed by atoms with Gasteiger partial charge in [0.05, 0.1) is 5.69 Å². The number of rotatable bonds is 4. The molecule has 1 aliphatic carbocycles. The van der Waals surface area contributed by atoms with Crippen LogP contribution < -0.4 is 5.32 Å². The lowest BCUT2D eigenvalue weighted by molar-refractivity contribution is -0.117. The first-order chi connectivity index (χ1) is 10.2. The van der Waals surface area contributed by atoms with Gasteiger partial charge in [0.2, 0.25) is 5.91 Å². The highest BCUT2D eigenvalue weighted by molar-refractivity contribution is 5.95. The summed E-state index contributed by atoms with van der Waals surface area (Å²) >= 11 is 0. The molecule has 3 rings (SSSR count). The number of anilines is 1. The fourth-order valence-corrected chi connectivity index (χ4v) is 2.75. The molecule has 1 heterocycles. The minimum absolute atomic E-state index is 0.151. The maximum absolute atomic E-state index is 12.2. The zero-order valence-electron chi connectivity index (χ0n) is 12.5. The van der Waals surface area contributed by atoms with Crippen molar-refractivity contribution in [2.24, 2.45) is 11.8 Å². The van der Waals surface area contributed by atoms with Crippen molar-refractivity contribution in [2.75, 3.05) is 5.32 Å². The lowest BCUT2D eigenvalue weighted by atomic mass is 10.0. The van der Waals surface area contributed by atoms with E-state index in [1.54, 1.807) is 6.20 Å². The molecule has 1 fully saturated rings. The molecule has 3 heteroatoms. The maximum atomic E-state index is 12.2. The van der Waals surface area contributed by atoms with Gasteiger partial charge < -0.3 is 5.32 Å². The number of carbonyl (C=O) groups is 1. The summed E-state index contributed by atoms with van der Waals surface area (Å²) in [5.74, 6) is 0.929. The van der Waals surface area contributed by atoms with Crippen molar-refractivity contribution in [3.05, 3.63) is 48.2 Å². The molecule has 0 bridgehead atoms. The van der Waals surface area contributed by atoms with Gasteiger partial charge in [-0.1, -0.05) is 25.5 Å². The van der Waals surface area contributed by atoms with Gasteiger partial charge >= 0.3 is 0 Å². The van der Waals surface area contributed by atoms with Gasteiger partial charge in [-0.2, -0.15) is 0 Å². The zero-order valence-corrected chi connectivity index (χ0v) is 12.5. The summed E-state index contributed by atoms with van der Waals surface area (Å²) in [6, 6.07) is 11.9. The summed E-state index contributed by atoms with van der Waals surface area (Å²) in [5.41, 5.74) is 4.01. The lowest BCUT2D eigenvalue weighted by Crippen LogP contribution is -2.14. The van der Waals surface area contributed by atoms with Crippen molar-refractivity contribution in [3.63, 3.8) is 0 Å². The summed E-state index contributed by atoms with van der Waals surface area (Å²) in [5, 5.41) is 3.04. The van der Waals surface area contributed by atoms with Crippen LogP contribution in [0.3, 0.4) is 0 Å². The van der Waals surface area contributed by atoms with Gasteiger partial charge in [0.15, 0.2) is 0 Å². The summed E-state index contributed by atoms with van der Waals surface area (Å²) in [7, 11) is 0. The van der Waals surface area contributed by atoms with E-state index < -0.39 is 0 Å². The Morgan fingerprint density at radius 1 is 1.33 bits per heavy atom. The Balaban J connectivity index is 1.80. The minimum atomic E-state index is 0.151. The fraction of sp³-hybridized carbons (Fsp3) is 0.333. The minimum Gasteiger partial charge on any atom is -0.326 e. The molecule has 0 radical (unpaired) electrons. The molecule has 2 aromatic rings. The molecule has 1 amide bonds. The molecule has 0 saturated heterocycles. The third-order valence-electron chi connectivity index (χ3n) is 4.23. The third-order valence-corrected chi connectivity index (χ3v) is 4.23. The van der Waals surface area contributed by atoms with Crippen LogP contribution in [0.5, 0.6) is 0 Å². The maximum Gasteiger partial charge on any atom is 0.227 e. The molecular formula is C18H20N2O. The van der Waals surface area contributed by atoms with Crippen molar-refractivity contribution in [2.45, 2.75) is 26.7 Å². The standard InChI is InChI=1S/C18H20N2O/c1-3-13-10-16(13)18(21)20-14-8-7-12(2)15(11-14)17-6-4-5-9-19-17/h4-9,11,13,16H,3,10H2,1-2H3,(H,20,21)/t13?,16-/m0/s1. The molecule has 3 nitrogen and oxygen atoms in total. The van der Waals surface area contributed by atoms with Gasteiger partial charge in [-0.3, -0.25) is 9.78 Å². The van der Waals surface area contributed by atoms with Crippen molar-refractivity contribution in [1.29, 1.82) is 0 Å². The van der Waals surface area contributed by atoms with Gasteiger partial charge in [-0.05, 0) is 49.1 Å². The molecule has 1 unspecified atom stereocenters. The van der Waals surface area contributed by atoms with Crippen LogP contribution in [0.2, 0.25) is 0 Å². The van der Waals surface area contributed by atoms with Crippen LogP contribution in [-0.4, -0.2) is 10.9 Å². The van der Waals surface area contributed by atoms with E-state index in [1.807, 2.05) is 36.4 Å². The van der Waals surface area contributed by atoms with E-state index >= 15 is 0 Å². The quantitative estimate of drug-likeness (QED) is 0.918. The number of nitrogens with one attached hydrogen (secondary N) is 1. The second kappa shape index (κ2) is 5.68. The van der Waals surface area contributed by atoms with Crippen LogP contribution in [0.15, 0.2) is 42.6 Å². The number of nitrogens with zero attached hydrogens (tertiary/aromatic N) is 1. The van der Waals surface area contributed by atoms with Gasteiger partial charge in [0.25, 0.3) is 0 Å². The highest BCUT2D eigenvalue weighted by Crippen LogP contribution is 2.41. The number of aryl methyl sites for hydroxylation is 1. The molecule has 0 spiro atoms. The molecule has 1 aromatic heterocycles. The molecule has 1 aliphatic rings. The summed E-state index contributed by atoms with van der Waals surface area (Å²) < 4.78 is 0. The largest absolute Gasteiger partial charge is 0.326 e. The first kappa shape index (κ1) is 13.8. The number of carbonyl (C=O) groups excluding carboxylic acids is 1. The van der Waals surface area contributed by atoms with Crippen molar-refractivity contribution < 1.29 is 4.79 Å². The first-order valence-corrected chi connectivity index (χ1v) is 7.52. The van der Waals surface area contributed by atoms with E-state index in [4.69, 9.17) is 0 Å². The highest BCUT2D eigenvalue weighted by atomic mass is 16.2. The Morgan fingerprint density at radius 3 is 2.86 bits per heavy atom. The summed E-state index contributed by atoms with van der Waals surface area (Å²) in [6.45, 7) is 4.20. The number of amides is 1. The van der Waals surface area contributed by atoms with E-state index in [9.17, 15) is 4.79 Å². The summed E-state index contributed by atoms with van der Waals surface area (Å²) in [4.78, 5) is 16.5. The van der Waals surface area contributed by atoms with Crippen molar-refractivity contribution >= 4 is 11.6 Å². The zero-order chi connectivity index (χ0) is 14.8. The fourth-order valence-electron chi connectivity index (χ4n) is 2.75. The average Bonchev–Trinajstić information content (AvgIpc) is 3.30. The Hall–Kier alpha value is -2.16. The van der Waals surface area contributed by atoms with Crippen LogP contribution in [0.1, 0.15) is 25.3 Å². The third kappa shape index (κ3) is 2.97. The van der Waals surface area contributed by atoms with Crippen LogP contribution in [0.4, 0.5) is 5.69 Å². The smallest absolute Gasteiger partial charge is 0.227 e. The monoisotopic (exact) mass is 280 g/mol. The Labute approximate surface area is 125 Å². The van der Waals surface area contributed by atoms with E-state index in [2.05, 4.69) is 24.1 Å². The summed E-state index contributed by atoms with van der Waals surface area (Å²) in [6.07, 6.45) is 3.91. The predicted molar refractivity (Wildman–Crippen MR) is 84.9 cm³/mol. The molecule has 1 aromatic carbocycles. The molecule has 21 heavy (non-hydrogen) atoms. The number of hydrogen-bond acceptors (Lipinski definition) is 2. The molecular weight excluding hydrogens is 260 g/mol. The Kier molecular flexibility index (Phi) is 3.74. The second-order valence-corrected chi connectivity index (χ2v) is 5.74. The molecule has 1 N–H and O–H groups in total. The predicted octanol–water partition coefficient (Wildman–Crippen LogP) is 4.04. The van der Waals surface area contributed by atoms with E-state index in [0.717, 1.165) is 35.3 Å². The normalized spacial score (nSPS) is 20.1. The van der Waals surface area contributed by atoms with Gasteiger partial charge in [-0.15, -0.1) is 0 Å². The molecule has 1 saturated carbocycles. The van der Waals surface area contributed by atoms with Crippen LogP contribution >= 0.6 is 0 Å². The van der Waals surface area contributed by atoms with E-state index in [-0.39, 0.29) is 11.8 Å². The Bertz CT molecular complexity index is 652. The number of benzene rings is 1. The number of pyridine rings is 1. The number of hydrogen-bond donors (Lipinski definition) is 1. The van der Waals surface area contributed by atoms with Crippen LogP contribution in [0, 0.1) is 18.8 Å². The molecule has 0 aliphatic heterocycles. The van der Waals surface area contributed by atoms with Crippen molar-refractivity contribution in [1.82, 2.24) is 4.98 Å². The van der Waals surface area contributed by atoms with Crippen LogP contribution in [-0.2, 0) is 4.79 Å². The van der Waals surface area contributed by atoms with E-state index in [0.29, 0.717) is 5.92 Å². The van der Waals surface area contributed by atoms with Gasteiger partial charge in [0, 0.05) is 23.4 Å². The van der Waals surface area contributed by atoms with E-state index in [1.165, 1.54) is 0 Å². The topological polar surface area (TPSA) is 42.0 Å². The lowest BCUT2D eigenvalue weighted by Gasteiger charge is -2.10. The van der Waals surface area contributed by atoms with Crippen LogP contribution in [0.25, 0.3) is 11.3 Å². The second-order valence-electron chi connectivity index (χ2n) is 5.74. The average molecular weight is 280 g/mol. The van der Waals surface area contributed by atoms with Gasteiger partial charge in [0.1, 0.15) is 0 Å². The Morgan fingerprint density at radius 2 is 2.19 bits per heavy atom. The molecule has 108 valence electrons.